The van der Waals surface area contributed by atoms with Gasteiger partial charge in [-0.3, -0.25) is 4.79 Å². The number of benzene rings is 1. The topological polar surface area (TPSA) is 17.1 Å². The Kier molecular flexibility index (Phi) is 1.91. The van der Waals surface area contributed by atoms with E-state index < -0.39 is 0 Å². The van der Waals surface area contributed by atoms with E-state index in [1.54, 1.807) is 6.07 Å². The van der Waals surface area contributed by atoms with Crippen molar-refractivity contribution in [2.24, 2.45) is 5.92 Å². The molecule has 0 radical (unpaired) electrons. The maximum absolute atomic E-state index is 12.8. The smallest absolute Gasteiger partial charge is 0.166 e. The van der Waals surface area contributed by atoms with E-state index in [0.29, 0.717) is 5.56 Å². The molecule has 13 heavy (non-hydrogen) atoms. The molecule has 1 atom stereocenters. The summed E-state index contributed by atoms with van der Waals surface area (Å²) in [6.07, 6.45) is 1.78. The second-order valence-corrected chi connectivity index (χ2v) is 3.61. The standard InChI is InChI=1S/C11H11FO/c1-7-2-3-8-4-5-9(12)6-10(8)11(7)13/h4-7H,2-3H2,1H3. The molecule has 1 aliphatic carbocycles. The number of hydrogen-bond acceptors (Lipinski definition) is 1. The van der Waals surface area contributed by atoms with Crippen LogP contribution >= 0.6 is 0 Å². The van der Waals surface area contributed by atoms with Crippen molar-refractivity contribution in [2.45, 2.75) is 19.8 Å². The Balaban J connectivity index is 2.51. The lowest BCUT2D eigenvalue weighted by molar-refractivity contribution is 0.0913. The van der Waals surface area contributed by atoms with Crippen molar-refractivity contribution in [1.82, 2.24) is 0 Å². The summed E-state index contributed by atoms with van der Waals surface area (Å²) >= 11 is 0. The first-order valence-electron chi connectivity index (χ1n) is 4.51. The highest BCUT2D eigenvalue weighted by Crippen LogP contribution is 2.25. The maximum atomic E-state index is 12.8. The van der Waals surface area contributed by atoms with Crippen LogP contribution in [0.25, 0.3) is 0 Å². The molecule has 2 rings (SSSR count). The molecule has 1 nitrogen and oxygen atoms in total. The third-order valence-electron chi connectivity index (χ3n) is 2.63. The van der Waals surface area contributed by atoms with Crippen molar-refractivity contribution < 1.29 is 9.18 Å². The van der Waals surface area contributed by atoms with Crippen LogP contribution in [0.4, 0.5) is 4.39 Å². The van der Waals surface area contributed by atoms with Crippen LogP contribution in [0.2, 0.25) is 0 Å². The average Bonchev–Trinajstić information content (AvgIpc) is 2.12. The lowest BCUT2D eigenvalue weighted by atomic mass is 9.84. The minimum atomic E-state index is -0.318. The first kappa shape index (κ1) is 8.42. The molecule has 0 aromatic heterocycles. The van der Waals surface area contributed by atoms with Crippen LogP contribution in [0.15, 0.2) is 18.2 Å². The monoisotopic (exact) mass is 178 g/mol. The molecule has 0 saturated heterocycles. The number of halogens is 1. The second kappa shape index (κ2) is 2.95. The Morgan fingerprint density at radius 3 is 3.00 bits per heavy atom. The van der Waals surface area contributed by atoms with Crippen molar-refractivity contribution in [2.75, 3.05) is 0 Å². The van der Waals surface area contributed by atoms with Crippen molar-refractivity contribution in [3.63, 3.8) is 0 Å². The fraction of sp³-hybridized carbons (Fsp3) is 0.364. The molecule has 68 valence electrons. The number of aryl methyl sites for hydroxylation is 1. The summed E-state index contributed by atoms with van der Waals surface area (Å²) in [7, 11) is 0. The Morgan fingerprint density at radius 2 is 2.23 bits per heavy atom. The Bertz CT molecular complexity index is 357. The lowest BCUT2D eigenvalue weighted by Crippen LogP contribution is -2.20. The summed E-state index contributed by atoms with van der Waals surface area (Å²) in [6.45, 7) is 1.90. The zero-order chi connectivity index (χ0) is 9.42. The van der Waals surface area contributed by atoms with Gasteiger partial charge in [-0.25, -0.2) is 4.39 Å². The number of hydrogen-bond donors (Lipinski definition) is 0. The summed E-state index contributed by atoms with van der Waals surface area (Å²) in [5.74, 6) is -0.184. The van der Waals surface area contributed by atoms with E-state index in [0.717, 1.165) is 18.4 Å². The van der Waals surface area contributed by atoms with E-state index in [-0.39, 0.29) is 17.5 Å². The quantitative estimate of drug-likeness (QED) is 0.596. The molecule has 0 spiro atoms. The summed E-state index contributed by atoms with van der Waals surface area (Å²) in [5.41, 5.74) is 1.57. The first-order valence-corrected chi connectivity index (χ1v) is 4.51. The van der Waals surface area contributed by atoms with Gasteiger partial charge in [0.2, 0.25) is 0 Å². The van der Waals surface area contributed by atoms with Crippen LogP contribution in [0, 0.1) is 11.7 Å². The summed E-state index contributed by atoms with van der Waals surface area (Å²) in [4.78, 5) is 11.6. The average molecular weight is 178 g/mol. The SMILES string of the molecule is CC1CCc2ccc(F)cc2C1=O. The molecule has 0 amide bonds. The van der Waals surface area contributed by atoms with Crippen molar-refractivity contribution in [1.29, 1.82) is 0 Å². The Morgan fingerprint density at radius 1 is 1.46 bits per heavy atom. The zero-order valence-corrected chi connectivity index (χ0v) is 7.51. The highest BCUT2D eigenvalue weighted by atomic mass is 19.1. The van der Waals surface area contributed by atoms with E-state index in [9.17, 15) is 9.18 Å². The van der Waals surface area contributed by atoms with E-state index >= 15 is 0 Å². The Labute approximate surface area is 76.6 Å². The highest BCUT2D eigenvalue weighted by Gasteiger charge is 2.23. The van der Waals surface area contributed by atoms with Gasteiger partial charge >= 0.3 is 0 Å². The molecule has 0 fully saturated rings. The molecule has 0 N–H and O–H groups in total. The number of fused-ring (bicyclic) bond motifs is 1. The molecule has 1 unspecified atom stereocenters. The van der Waals surface area contributed by atoms with Gasteiger partial charge in [-0.05, 0) is 30.5 Å². The second-order valence-electron chi connectivity index (χ2n) is 3.61. The van der Waals surface area contributed by atoms with Gasteiger partial charge in [-0.15, -0.1) is 0 Å². The molecule has 2 heteroatoms. The van der Waals surface area contributed by atoms with Crippen molar-refractivity contribution in [3.05, 3.63) is 35.1 Å². The highest BCUT2D eigenvalue weighted by molar-refractivity contribution is 5.99. The molecular weight excluding hydrogens is 167 g/mol. The van der Waals surface area contributed by atoms with Gasteiger partial charge in [-0.1, -0.05) is 13.0 Å². The normalized spacial score (nSPS) is 21.4. The number of Topliss-reactive ketones (excluding diaryl/α,β-unsaturated/α-hetero) is 1. The maximum Gasteiger partial charge on any atom is 0.166 e. The van der Waals surface area contributed by atoms with Crippen molar-refractivity contribution >= 4 is 5.78 Å². The molecule has 0 heterocycles. The molecule has 1 aromatic rings. The Hall–Kier alpha value is -1.18. The van der Waals surface area contributed by atoms with Gasteiger partial charge in [-0.2, -0.15) is 0 Å². The van der Waals surface area contributed by atoms with Crippen LogP contribution in [-0.4, -0.2) is 5.78 Å². The third-order valence-corrected chi connectivity index (χ3v) is 2.63. The largest absolute Gasteiger partial charge is 0.294 e. The molecule has 1 aliphatic rings. The van der Waals surface area contributed by atoms with E-state index in [2.05, 4.69) is 0 Å². The van der Waals surface area contributed by atoms with Gasteiger partial charge in [0.05, 0.1) is 0 Å². The van der Waals surface area contributed by atoms with Crippen molar-refractivity contribution in [3.8, 4) is 0 Å². The summed E-state index contributed by atoms with van der Waals surface area (Å²) in [6, 6.07) is 4.49. The first-order chi connectivity index (χ1) is 6.18. The van der Waals surface area contributed by atoms with Gasteiger partial charge in [0, 0.05) is 11.5 Å². The van der Waals surface area contributed by atoms with E-state index in [4.69, 9.17) is 0 Å². The number of ketones is 1. The van der Waals surface area contributed by atoms with Crippen LogP contribution in [0.3, 0.4) is 0 Å². The fourth-order valence-corrected chi connectivity index (χ4v) is 1.76. The number of carbonyl (C=O) groups excluding carboxylic acids is 1. The molecule has 0 aliphatic heterocycles. The number of carbonyl (C=O) groups is 1. The molecular formula is C11H11FO. The minimum Gasteiger partial charge on any atom is -0.294 e. The molecule has 0 saturated carbocycles. The van der Waals surface area contributed by atoms with Gasteiger partial charge < -0.3 is 0 Å². The van der Waals surface area contributed by atoms with Gasteiger partial charge in [0.15, 0.2) is 5.78 Å². The van der Waals surface area contributed by atoms with Crippen LogP contribution in [0.1, 0.15) is 29.3 Å². The van der Waals surface area contributed by atoms with Crippen LogP contribution in [0.5, 0.6) is 0 Å². The predicted molar refractivity (Wildman–Crippen MR) is 48.2 cm³/mol. The minimum absolute atomic E-state index is 0.0503. The zero-order valence-electron chi connectivity index (χ0n) is 7.51. The van der Waals surface area contributed by atoms with E-state index in [1.807, 2.05) is 6.92 Å². The third kappa shape index (κ3) is 1.37. The summed E-state index contributed by atoms with van der Waals surface area (Å²) < 4.78 is 12.8. The molecule has 0 bridgehead atoms. The van der Waals surface area contributed by atoms with Crippen LogP contribution in [-0.2, 0) is 6.42 Å². The summed E-state index contributed by atoms with van der Waals surface area (Å²) in [5, 5.41) is 0. The van der Waals surface area contributed by atoms with Gasteiger partial charge in [0.1, 0.15) is 5.82 Å². The predicted octanol–water partition coefficient (Wildman–Crippen LogP) is 2.59. The van der Waals surface area contributed by atoms with E-state index in [1.165, 1.54) is 12.1 Å². The lowest BCUT2D eigenvalue weighted by Gasteiger charge is -2.19. The fourth-order valence-electron chi connectivity index (χ4n) is 1.76. The molecule has 1 aromatic carbocycles. The number of rotatable bonds is 0. The van der Waals surface area contributed by atoms with Gasteiger partial charge in [0.25, 0.3) is 0 Å². The van der Waals surface area contributed by atoms with Crippen LogP contribution < -0.4 is 0 Å².